The molecule has 2 aromatic rings. The molecule has 0 spiro atoms. The molecule has 5 heteroatoms. The van der Waals surface area contributed by atoms with Crippen LogP contribution in [0.4, 0.5) is 0 Å². The van der Waals surface area contributed by atoms with Gasteiger partial charge in [-0.15, -0.1) is 22.7 Å². The lowest BCUT2D eigenvalue weighted by Crippen LogP contribution is -2.49. The van der Waals surface area contributed by atoms with E-state index in [0.717, 1.165) is 24.1 Å². The monoisotopic (exact) mass is 280 g/mol. The number of thiophene rings is 2. The molecule has 18 heavy (non-hydrogen) atoms. The molecular formula is C13H16N2OS2. The van der Waals surface area contributed by atoms with E-state index in [-0.39, 0.29) is 18.0 Å². The minimum atomic E-state index is 0.0331. The Morgan fingerprint density at radius 3 is 2.94 bits per heavy atom. The van der Waals surface area contributed by atoms with Crippen LogP contribution in [0.1, 0.15) is 35.4 Å². The van der Waals surface area contributed by atoms with Crippen molar-refractivity contribution >= 4 is 38.0 Å². The Balaban J connectivity index is 1.72. The highest BCUT2D eigenvalue weighted by Crippen LogP contribution is 2.30. The van der Waals surface area contributed by atoms with Gasteiger partial charge >= 0.3 is 0 Å². The van der Waals surface area contributed by atoms with Crippen molar-refractivity contribution in [2.24, 2.45) is 5.73 Å². The molecule has 0 aromatic carbocycles. The lowest BCUT2D eigenvalue weighted by molar-refractivity contribution is 0.0925. The molecular weight excluding hydrogens is 264 g/mol. The third kappa shape index (κ3) is 2.30. The highest BCUT2D eigenvalue weighted by molar-refractivity contribution is 7.27. The van der Waals surface area contributed by atoms with E-state index in [0.29, 0.717) is 0 Å². The highest BCUT2D eigenvalue weighted by atomic mass is 32.1. The molecule has 0 bridgehead atoms. The predicted molar refractivity (Wildman–Crippen MR) is 77.4 cm³/mol. The number of hydrogen-bond acceptors (Lipinski definition) is 4. The summed E-state index contributed by atoms with van der Waals surface area (Å²) in [5, 5.41) is 5.14. The average Bonchev–Trinajstić information content (AvgIpc) is 2.92. The van der Waals surface area contributed by atoms with E-state index in [1.54, 1.807) is 22.7 Å². The van der Waals surface area contributed by atoms with Gasteiger partial charge in [-0.25, -0.2) is 0 Å². The predicted octanol–water partition coefficient (Wildman–Crippen LogP) is 2.96. The fraction of sp³-hybridized carbons (Fsp3) is 0.462. The smallest absolute Gasteiger partial charge is 0.261 e. The van der Waals surface area contributed by atoms with Crippen LogP contribution in [0.15, 0.2) is 17.5 Å². The number of nitrogens with two attached hydrogens (primary N) is 1. The van der Waals surface area contributed by atoms with Crippen molar-refractivity contribution in [1.82, 2.24) is 5.32 Å². The molecule has 2 atom stereocenters. The van der Waals surface area contributed by atoms with Gasteiger partial charge in [0.1, 0.15) is 0 Å². The summed E-state index contributed by atoms with van der Waals surface area (Å²) in [6.07, 6.45) is 4.37. The standard InChI is InChI=1S/C13H16N2OS2/c14-8-3-1-2-4-9(8)15-13(16)12-7-11-10(18-12)5-6-17-11/h5-9H,1-4,14H2,(H,15,16). The van der Waals surface area contributed by atoms with Crippen molar-refractivity contribution in [3.8, 4) is 0 Å². The Labute approximate surface area is 114 Å². The molecule has 1 aliphatic carbocycles. The van der Waals surface area contributed by atoms with Crippen LogP contribution in [-0.2, 0) is 0 Å². The first-order valence-corrected chi connectivity index (χ1v) is 7.97. The van der Waals surface area contributed by atoms with Crippen LogP contribution in [-0.4, -0.2) is 18.0 Å². The van der Waals surface area contributed by atoms with Gasteiger partial charge in [0, 0.05) is 21.5 Å². The van der Waals surface area contributed by atoms with Crippen molar-refractivity contribution in [3.63, 3.8) is 0 Å². The minimum absolute atomic E-state index is 0.0331. The van der Waals surface area contributed by atoms with Gasteiger partial charge in [0.2, 0.25) is 0 Å². The second-order valence-corrected chi connectivity index (χ2v) is 6.82. The first-order chi connectivity index (χ1) is 8.74. The maximum absolute atomic E-state index is 12.2. The first-order valence-electron chi connectivity index (χ1n) is 6.27. The number of amides is 1. The summed E-state index contributed by atoms with van der Waals surface area (Å²) in [6.45, 7) is 0. The first kappa shape index (κ1) is 12.1. The molecule has 0 saturated heterocycles. The van der Waals surface area contributed by atoms with Crippen molar-refractivity contribution < 1.29 is 4.79 Å². The third-order valence-electron chi connectivity index (χ3n) is 3.50. The SMILES string of the molecule is NC1CCCCC1NC(=O)c1cc2sccc2s1. The molecule has 1 saturated carbocycles. The number of rotatable bonds is 2. The Morgan fingerprint density at radius 2 is 2.17 bits per heavy atom. The largest absolute Gasteiger partial charge is 0.347 e. The maximum atomic E-state index is 12.2. The lowest BCUT2D eigenvalue weighted by atomic mass is 9.91. The summed E-state index contributed by atoms with van der Waals surface area (Å²) in [5.41, 5.74) is 6.05. The van der Waals surface area contributed by atoms with Gasteiger partial charge in [-0.3, -0.25) is 4.79 Å². The normalized spacial score (nSPS) is 24.3. The summed E-state index contributed by atoms with van der Waals surface area (Å²) in [7, 11) is 0. The molecule has 3 nitrogen and oxygen atoms in total. The van der Waals surface area contributed by atoms with Crippen LogP contribution >= 0.6 is 22.7 Å². The van der Waals surface area contributed by atoms with Crippen molar-refractivity contribution in [2.75, 3.05) is 0 Å². The molecule has 3 rings (SSSR count). The van der Waals surface area contributed by atoms with E-state index in [1.807, 2.05) is 6.07 Å². The number of carbonyl (C=O) groups is 1. The van der Waals surface area contributed by atoms with Gasteiger partial charge in [-0.1, -0.05) is 12.8 Å². The van der Waals surface area contributed by atoms with Crippen LogP contribution in [0.5, 0.6) is 0 Å². The Hall–Kier alpha value is -0.910. The highest BCUT2D eigenvalue weighted by Gasteiger charge is 2.24. The number of hydrogen-bond donors (Lipinski definition) is 2. The summed E-state index contributed by atoms with van der Waals surface area (Å²) >= 11 is 3.24. The Morgan fingerprint density at radius 1 is 1.33 bits per heavy atom. The van der Waals surface area contributed by atoms with Gasteiger partial charge < -0.3 is 11.1 Å². The van der Waals surface area contributed by atoms with E-state index in [1.165, 1.54) is 15.8 Å². The molecule has 2 unspecified atom stereocenters. The summed E-state index contributed by atoms with van der Waals surface area (Å²) in [4.78, 5) is 13.0. The Kier molecular flexibility index (Phi) is 3.37. The average molecular weight is 280 g/mol. The fourth-order valence-corrected chi connectivity index (χ4v) is 4.47. The third-order valence-corrected chi connectivity index (χ3v) is 5.59. The summed E-state index contributed by atoms with van der Waals surface area (Å²) < 4.78 is 2.39. The molecule has 1 amide bonds. The Bertz CT molecular complexity index is 532. The molecule has 96 valence electrons. The van der Waals surface area contributed by atoms with Crippen LogP contribution < -0.4 is 11.1 Å². The lowest BCUT2D eigenvalue weighted by Gasteiger charge is -2.29. The maximum Gasteiger partial charge on any atom is 0.261 e. The molecule has 1 fully saturated rings. The number of nitrogens with one attached hydrogen (secondary N) is 1. The van der Waals surface area contributed by atoms with Crippen molar-refractivity contribution in [1.29, 1.82) is 0 Å². The zero-order valence-electron chi connectivity index (χ0n) is 10.0. The van der Waals surface area contributed by atoms with E-state index >= 15 is 0 Å². The molecule has 0 radical (unpaired) electrons. The van der Waals surface area contributed by atoms with Crippen LogP contribution in [0.2, 0.25) is 0 Å². The minimum Gasteiger partial charge on any atom is -0.347 e. The molecule has 2 heterocycles. The summed E-state index contributed by atoms with van der Waals surface area (Å²) in [6, 6.07) is 4.30. The van der Waals surface area contributed by atoms with Gasteiger partial charge in [0.05, 0.1) is 4.88 Å². The fourth-order valence-electron chi connectivity index (χ4n) is 2.46. The topological polar surface area (TPSA) is 55.1 Å². The number of carbonyl (C=O) groups excluding carboxylic acids is 1. The molecule has 1 aliphatic rings. The van der Waals surface area contributed by atoms with Crippen molar-refractivity contribution in [3.05, 3.63) is 22.4 Å². The van der Waals surface area contributed by atoms with E-state index in [4.69, 9.17) is 5.73 Å². The zero-order valence-corrected chi connectivity index (χ0v) is 11.7. The molecule has 2 aromatic heterocycles. The van der Waals surface area contributed by atoms with Gasteiger partial charge in [0.15, 0.2) is 0 Å². The van der Waals surface area contributed by atoms with Crippen LogP contribution in [0, 0.1) is 0 Å². The van der Waals surface area contributed by atoms with Crippen LogP contribution in [0.25, 0.3) is 9.40 Å². The van der Waals surface area contributed by atoms with Crippen molar-refractivity contribution in [2.45, 2.75) is 37.8 Å². The van der Waals surface area contributed by atoms with Gasteiger partial charge in [0.25, 0.3) is 5.91 Å². The second-order valence-electron chi connectivity index (χ2n) is 4.79. The quantitative estimate of drug-likeness (QED) is 0.888. The zero-order chi connectivity index (χ0) is 12.5. The number of fused-ring (bicyclic) bond motifs is 1. The van der Waals surface area contributed by atoms with Gasteiger partial charge in [-0.05, 0) is 30.4 Å². The summed E-state index contributed by atoms with van der Waals surface area (Å²) in [5.74, 6) is 0.0331. The van der Waals surface area contributed by atoms with E-state index < -0.39 is 0 Å². The second kappa shape index (κ2) is 4.99. The molecule has 3 N–H and O–H groups in total. The van der Waals surface area contributed by atoms with E-state index in [9.17, 15) is 4.79 Å². The van der Waals surface area contributed by atoms with E-state index in [2.05, 4.69) is 16.8 Å². The molecule has 0 aliphatic heterocycles. The van der Waals surface area contributed by atoms with Gasteiger partial charge in [-0.2, -0.15) is 0 Å². The van der Waals surface area contributed by atoms with Crippen LogP contribution in [0.3, 0.4) is 0 Å².